The minimum atomic E-state index is 0.898. The molecule has 0 N–H and O–H groups in total. The lowest BCUT2D eigenvalue weighted by molar-refractivity contribution is 0.162. The minimum absolute atomic E-state index is 0.898. The third-order valence-electron chi connectivity index (χ3n) is 3.61. The quantitative estimate of drug-likeness (QED) is 0.531. The highest BCUT2D eigenvalue weighted by Gasteiger charge is 2.64. The smallest absolute Gasteiger partial charge is 0.0240 e. The van der Waals surface area contributed by atoms with Crippen LogP contribution in [0.5, 0.6) is 0 Å². The van der Waals surface area contributed by atoms with Crippen LogP contribution in [-0.2, 0) is 0 Å². The molecule has 0 spiro atoms. The van der Waals surface area contributed by atoms with Crippen molar-refractivity contribution in [3.05, 3.63) is 0 Å². The molecule has 0 nitrogen and oxygen atoms in total. The Kier molecular flexibility index (Phi) is 0.980. The Labute approximate surface area is 57.6 Å². The van der Waals surface area contributed by atoms with E-state index in [2.05, 4.69) is 13.8 Å². The van der Waals surface area contributed by atoms with Crippen LogP contribution in [0.2, 0.25) is 0 Å². The van der Waals surface area contributed by atoms with Crippen molar-refractivity contribution in [1.82, 2.24) is 0 Å². The van der Waals surface area contributed by atoms with Gasteiger partial charge in [0.2, 0.25) is 0 Å². The Hall–Kier alpha value is 0. The van der Waals surface area contributed by atoms with Gasteiger partial charge in [-0.3, -0.25) is 0 Å². The SMILES string of the molecule is CCCC12CC1CC2C. The van der Waals surface area contributed by atoms with Gasteiger partial charge in [-0.15, -0.1) is 0 Å². The highest BCUT2D eigenvalue weighted by atomic mass is 14.7. The summed E-state index contributed by atoms with van der Waals surface area (Å²) in [6, 6.07) is 0. The highest BCUT2D eigenvalue weighted by molar-refractivity contribution is 5.13. The van der Waals surface area contributed by atoms with Crippen LogP contribution in [0.25, 0.3) is 0 Å². The van der Waals surface area contributed by atoms with Crippen molar-refractivity contribution in [2.75, 3.05) is 0 Å². The van der Waals surface area contributed by atoms with Crippen molar-refractivity contribution in [3.8, 4) is 0 Å². The molecule has 52 valence electrons. The van der Waals surface area contributed by atoms with Crippen LogP contribution in [-0.4, -0.2) is 0 Å². The van der Waals surface area contributed by atoms with Crippen molar-refractivity contribution in [2.45, 2.75) is 39.5 Å². The summed E-state index contributed by atoms with van der Waals surface area (Å²) in [6.07, 6.45) is 6.03. The molecule has 0 amide bonds. The molecule has 0 aromatic rings. The number of hydrogen-bond acceptors (Lipinski definition) is 0. The van der Waals surface area contributed by atoms with E-state index in [0.717, 1.165) is 11.3 Å². The molecule has 9 heavy (non-hydrogen) atoms. The molecule has 3 atom stereocenters. The molecule has 0 radical (unpaired) electrons. The average Bonchev–Trinajstić information content (AvgIpc) is 2.40. The maximum absolute atomic E-state index is 2.43. The van der Waals surface area contributed by atoms with Crippen LogP contribution in [0.4, 0.5) is 0 Å². The number of rotatable bonds is 2. The molecule has 0 aromatic heterocycles. The van der Waals surface area contributed by atoms with Gasteiger partial charge in [0.1, 0.15) is 0 Å². The van der Waals surface area contributed by atoms with Gasteiger partial charge >= 0.3 is 0 Å². The summed E-state index contributed by atoms with van der Waals surface area (Å²) in [4.78, 5) is 0. The zero-order chi connectivity index (χ0) is 6.48. The first-order valence-corrected chi connectivity index (χ1v) is 4.29. The number of fused-ring (bicyclic) bond motifs is 1. The van der Waals surface area contributed by atoms with Gasteiger partial charge in [-0.05, 0) is 36.5 Å². The molecule has 0 saturated heterocycles. The van der Waals surface area contributed by atoms with Crippen LogP contribution in [0.1, 0.15) is 39.5 Å². The fourth-order valence-electron chi connectivity index (χ4n) is 2.84. The Morgan fingerprint density at radius 3 is 2.56 bits per heavy atom. The van der Waals surface area contributed by atoms with Crippen molar-refractivity contribution in [3.63, 3.8) is 0 Å². The zero-order valence-electron chi connectivity index (χ0n) is 6.48. The van der Waals surface area contributed by atoms with Gasteiger partial charge < -0.3 is 0 Å². The first-order chi connectivity index (χ1) is 4.29. The van der Waals surface area contributed by atoms with E-state index in [1.165, 1.54) is 18.8 Å². The van der Waals surface area contributed by atoms with Crippen molar-refractivity contribution in [2.24, 2.45) is 17.3 Å². The fourth-order valence-corrected chi connectivity index (χ4v) is 2.84. The van der Waals surface area contributed by atoms with Crippen LogP contribution < -0.4 is 0 Å². The second-order valence-electron chi connectivity index (χ2n) is 4.02. The molecule has 0 aromatic carbocycles. The molecule has 0 heterocycles. The fraction of sp³-hybridized carbons (Fsp3) is 1.00. The van der Waals surface area contributed by atoms with Gasteiger partial charge in [0.25, 0.3) is 0 Å². The van der Waals surface area contributed by atoms with Crippen molar-refractivity contribution >= 4 is 0 Å². The predicted molar refractivity (Wildman–Crippen MR) is 39.2 cm³/mol. The molecule has 3 unspecified atom stereocenters. The van der Waals surface area contributed by atoms with E-state index in [4.69, 9.17) is 0 Å². The summed E-state index contributed by atoms with van der Waals surface area (Å²) < 4.78 is 0. The van der Waals surface area contributed by atoms with Gasteiger partial charge in [-0.25, -0.2) is 0 Å². The molecular weight excluding hydrogens is 108 g/mol. The molecule has 2 aliphatic carbocycles. The van der Waals surface area contributed by atoms with Gasteiger partial charge in [-0.2, -0.15) is 0 Å². The minimum Gasteiger partial charge on any atom is -0.0654 e. The van der Waals surface area contributed by atoms with Gasteiger partial charge in [0.05, 0.1) is 0 Å². The van der Waals surface area contributed by atoms with E-state index in [9.17, 15) is 0 Å². The Morgan fingerprint density at radius 1 is 1.56 bits per heavy atom. The van der Waals surface area contributed by atoms with E-state index in [1.54, 1.807) is 12.8 Å². The summed E-state index contributed by atoms with van der Waals surface area (Å²) in [7, 11) is 0. The third kappa shape index (κ3) is 0.544. The molecule has 2 saturated carbocycles. The monoisotopic (exact) mass is 124 g/mol. The van der Waals surface area contributed by atoms with E-state index < -0.39 is 0 Å². The largest absolute Gasteiger partial charge is 0.0654 e. The van der Waals surface area contributed by atoms with Crippen molar-refractivity contribution in [1.29, 1.82) is 0 Å². The molecule has 2 fully saturated rings. The lowest BCUT2D eigenvalue weighted by Gasteiger charge is -2.33. The standard InChI is InChI=1S/C9H16/c1-3-4-9-6-8(9)5-7(9)2/h7-8H,3-6H2,1-2H3. The van der Waals surface area contributed by atoms with Crippen molar-refractivity contribution < 1.29 is 0 Å². The summed E-state index contributed by atoms with van der Waals surface area (Å²) in [5.74, 6) is 2.25. The summed E-state index contributed by atoms with van der Waals surface area (Å²) >= 11 is 0. The lowest BCUT2D eigenvalue weighted by atomic mass is 9.72. The predicted octanol–water partition coefficient (Wildman–Crippen LogP) is 2.83. The Bertz CT molecular complexity index is 128. The van der Waals surface area contributed by atoms with E-state index in [1.807, 2.05) is 0 Å². The molecule has 0 aliphatic heterocycles. The molecule has 0 heteroatoms. The van der Waals surface area contributed by atoms with Crippen LogP contribution >= 0.6 is 0 Å². The Balaban J connectivity index is 1.96. The lowest BCUT2D eigenvalue weighted by Crippen LogP contribution is -2.25. The van der Waals surface area contributed by atoms with Crippen LogP contribution in [0.15, 0.2) is 0 Å². The average molecular weight is 124 g/mol. The topological polar surface area (TPSA) is 0 Å². The molecule has 0 bridgehead atoms. The zero-order valence-corrected chi connectivity index (χ0v) is 6.48. The van der Waals surface area contributed by atoms with E-state index in [0.29, 0.717) is 0 Å². The van der Waals surface area contributed by atoms with Crippen LogP contribution in [0.3, 0.4) is 0 Å². The second kappa shape index (κ2) is 1.53. The van der Waals surface area contributed by atoms with Gasteiger partial charge in [-0.1, -0.05) is 20.3 Å². The summed E-state index contributed by atoms with van der Waals surface area (Å²) in [5, 5.41) is 0. The second-order valence-corrected chi connectivity index (χ2v) is 4.02. The number of hydrogen-bond donors (Lipinski definition) is 0. The maximum atomic E-state index is 2.43. The summed E-state index contributed by atoms with van der Waals surface area (Å²) in [5.41, 5.74) is 0.898. The molecule has 2 aliphatic rings. The highest BCUT2D eigenvalue weighted by Crippen LogP contribution is 2.73. The van der Waals surface area contributed by atoms with Gasteiger partial charge in [0, 0.05) is 0 Å². The van der Waals surface area contributed by atoms with E-state index >= 15 is 0 Å². The molecular formula is C9H16. The molecule has 2 rings (SSSR count). The summed E-state index contributed by atoms with van der Waals surface area (Å²) in [6.45, 7) is 4.74. The van der Waals surface area contributed by atoms with Crippen LogP contribution in [0, 0.1) is 17.3 Å². The first kappa shape index (κ1) is 5.76. The Morgan fingerprint density at radius 2 is 2.33 bits per heavy atom. The van der Waals surface area contributed by atoms with E-state index in [-0.39, 0.29) is 0 Å². The maximum Gasteiger partial charge on any atom is -0.0240 e. The third-order valence-corrected chi connectivity index (χ3v) is 3.61. The van der Waals surface area contributed by atoms with Gasteiger partial charge in [0.15, 0.2) is 0 Å². The first-order valence-electron chi connectivity index (χ1n) is 4.29. The normalized spacial score (nSPS) is 54.0.